The first kappa shape index (κ1) is 13.3. The molecule has 2 heterocycles. The van der Waals surface area contributed by atoms with Gasteiger partial charge in [-0.3, -0.25) is 19.3 Å². The first-order valence-corrected chi connectivity index (χ1v) is 6.86. The third kappa shape index (κ3) is 2.38. The van der Waals surface area contributed by atoms with E-state index in [2.05, 4.69) is 4.98 Å². The largest absolute Gasteiger partial charge is 0.296 e. The van der Waals surface area contributed by atoms with Gasteiger partial charge in [0, 0.05) is 12.3 Å². The van der Waals surface area contributed by atoms with E-state index in [-0.39, 0.29) is 5.69 Å². The fraction of sp³-hybridized carbons (Fsp3) is 0. The van der Waals surface area contributed by atoms with Gasteiger partial charge >= 0.3 is 0 Å². The van der Waals surface area contributed by atoms with Crippen molar-refractivity contribution in [2.45, 2.75) is 9.92 Å². The van der Waals surface area contributed by atoms with Crippen LogP contribution in [0.5, 0.6) is 0 Å². The zero-order chi connectivity index (χ0) is 14.8. The lowest BCUT2D eigenvalue weighted by Gasteiger charge is -2.00. The molecule has 0 atom stereocenters. The summed E-state index contributed by atoms with van der Waals surface area (Å²) in [6, 6.07) is 11.8. The molecule has 3 aromatic rings. The first-order chi connectivity index (χ1) is 10.2. The van der Waals surface area contributed by atoms with Gasteiger partial charge in [0.2, 0.25) is 0 Å². The van der Waals surface area contributed by atoms with Crippen LogP contribution in [0.4, 0.5) is 5.69 Å². The number of nitro benzene ring substituents is 1. The van der Waals surface area contributed by atoms with Crippen molar-refractivity contribution in [3.8, 4) is 0 Å². The molecular formula is C14H9N3O3S. The van der Waals surface area contributed by atoms with Crippen LogP contribution in [-0.2, 0) is 0 Å². The summed E-state index contributed by atoms with van der Waals surface area (Å²) in [5.74, 6) is 0. The van der Waals surface area contributed by atoms with Crippen molar-refractivity contribution < 1.29 is 9.72 Å². The van der Waals surface area contributed by atoms with Crippen LogP contribution in [0, 0.1) is 10.1 Å². The molecule has 2 aromatic heterocycles. The fourth-order valence-electron chi connectivity index (χ4n) is 1.97. The number of aldehydes is 1. The number of carbonyl (C=O) groups is 1. The first-order valence-electron chi connectivity index (χ1n) is 6.04. The maximum absolute atomic E-state index is 11.3. The summed E-state index contributed by atoms with van der Waals surface area (Å²) in [5.41, 5.74) is 1.01. The summed E-state index contributed by atoms with van der Waals surface area (Å²) < 4.78 is 1.66. The molecule has 1 aromatic carbocycles. The number of fused-ring (bicyclic) bond motifs is 1. The van der Waals surface area contributed by atoms with Gasteiger partial charge in [0.15, 0.2) is 6.29 Å². The van der Waals surface area contributed by atoms with Gasteiger partial charge in [0.05, 0.1) is 9.82 Å². The molecule has 0 N–H and O–H groups in total. The number of para-hydroxylation sites is 1. The van der Waals surface area contributed by atoms with E-state index in [1.54, 1.807) is 40.9 Å². The monoisotopic (exact) mass is 299 g/mol. The Morgan fingerprint density at radius 2 is 1.95 bits per heavy atom. The highest BCUT2D eigenvalue weighted by Crippen LogP contribution is 2.35. The summed E-state index contributed by atoms with van der Waals surface area (Å²) in [5, 5.41) is 11.5. The van der Waals surface area contributed by atoms with Crippen molar-refractivity contribution in [1.82, 2.24) is 9.38 Å². The van der Waals surface area contributed by atoms with Crippen molar-refractivity contribution >= 4 is 29.4 Å². The summed E-state index contributed by atoms with van der Waals surface area (Å²) >= 11 is 1.11. The molecule has 0 bridgehead atoms. The van der Waals surface area contributed by atoms with Crippen LogP contribution < -0.4 is 0 Å². The third-order valence-electron chi connectivity index (χ3n) is 2.91. The van der Waals surface area contributed by atoms with Crippen LogP contribution in [0.15, 0.2) is 58.6 Å². The van der Waals surface area contributed by atoms with Crippen molar-refractivity contribution in [2.75, 3.05) is 0 Å². The van der Waals surface area contributed by atoms with Gasteiger partial charge in [0.1, 0.15) is 16.4 Å². The number of aromatic nitrogens is 2. The van der Waals surface area contributed by atoms with E-state index in [0.717, 1.165) is 11.8 Å². The Morgan fingerprint density at radius 1 is 1.19 bits per heavy atom. The van der Waals surface area contributed by atoms with E-state index in [9.17, 15) is 14.9 Å². The molecule has 21 heavy (non-hydrogen) atoms. The SMILES string of the molecule is O=Cc1c(Sc2ccccc2[N+](=O)[O-])nc2ccccn12. The smallest absolute Gasteiger partial charge is 0.283 e. The zero-order valence-corrected chi connectivity index (χ0v) is 11.5. The Kier molecular flexibility index (Phi) is 3.41. The predicted octanol–water partition coefficient (Wildman–Crippen LogP) is 3.21. The topological polar surface area (TPSA) is 77.5 Å². The van der Waals surface area contributed by atoms with Gasteiger partial charge in [-0.25, -0.2) is 4.98 Å². The lowest BCUT2D eigenvalue weighted by molar-refractivity contribution is -0.387. The molecule has 0 spiro atoms. The Bertz CT molecular complexity index is 844. The lowest BCUT2D eigenvalue weighted by atomic mass is 10.3. The van der Waals surface area contributed by atoms with Gasteiger partial charge in [-0.05, 0) is 18.2 Å². The molecular weight excluding hydrogens is 290 g/mol. The minimum atomic E-state index is -0.446. The Balaban J connectivity index is 2.10. The van der Waals surface area contributed by atoms with E-state index < -0.39 is 4.92 Å². The maximum atomic E-state index is 11.3. The van der Waals surface area contributed by atoms with Gasteiger partial charge in [0.25, 0.3) is 5.69 Å². The molecule has 0 fully saturated rings. The molecule has 6 nitrogen and oxygen atoms in total. The average molecular weight is 299 g/mol. The maximum Gasteiger partial charge on any atom is 0.283 e. The number of imidazole rings is 1. The van der Waals surface area contributed by atoms with Gasteiger partial charge < -0.3 is 0 Å². The van der Waals surface area contributed by atoms with E-state index in [0.29, 0.717) is 27.5 Å². The van der Waals surface area contributed by atoms with Crippen LogP contribution in [-0.4, -0.2) is 20.6 Å². The molecule has 7 heteroatoms. The standard InChI is InChI=1S/C14H9N3O3S/c18-9-11-14(15-13-7-3-4-8-16(11)13)21-12-6-2-1-5-10(12)17(19)20/h1-9H. The number of benzene rings is 1. The predicted molar refractivity (Wildman–Crippen MR) is 77.8 cm³/mol. The summed E-state index contributed by atoms with van der Waals surface area (Å²) in [4.78, 5) is 26.7. The zero-order valence-electron chi connectivity index (χ0n) is 10.7. The van der Waals surface area contributed by atoms with Crippen molar-refractivity contribution in [3.05, 3.63) is 64.5 Å². The van der Waals surface area contributed by atoms with Crippen molar-refractivity contribution in [3.63, 3.8) is 0 Å². The van der Waals surface area contributed by atoms with Crippen molar-refractivity contribution in [2.24, 2.45) is 0 Å². The second-order valence-corrected chi connectivity index (χ2v) is 5.21. The summed E-state index contributed by atoms with van der Waals surface area (Å²) in [6.07, 6.45) is 2.44. The molecule has 0 amide bonds. The van der Waals surface area contributed by atoms with E-state index in [1.807, 2.05) is 6.07 Å². The molecule has 0 aliphatic carbocycles. The quantitative estimate of drug-likeness (QED) is 0.420. The number of hydrogen-bond donors (Lipinski definition) is 0. The Morgan fingerprint density at radius 3 is 2.71 bits per heavy atom. The molecule has 0 aliphatic rings. The second kappa shape index (κ2) is 5.37. The van der Waals surface area contributed by atoms with Crippen LogP contribution in [0.25, 0.3) is 5.65 Å². The number of carbonyl (C=O) groups excluding carboxylic acids is 1. The minimum absolute atomic E-state index is 0.00333. The normalized spacial score (nSPS) is 10.7. The van der Waals surface area contributed by atoms with Crippen LogP contribution in [0.3, 0.4) is 0 Å². The van der Waals surface area contributed by atoms with Crippen LogP contribution >= 0.6 is 11.8 Å². The number of hydrogen-bond acceptors (Lipinski definition) is 5. The highest BCUT2D eigenvalue weighted by molar-refractivity contribution is 7.99. The van der Waals surface area contributed by atoms with Crippen LogP contribution in [0.1, 0.15) is 10.5 Å². The summed E-state index contributed by atoms with van der Waals surface area (Å²) in [7, 11) is 0. The molecule has 3 rings (SSSR count). The number of nitro groups is 1. The number of rotatable bonds is 4. The van der Waals surface area contributed by atoms with Crippen molar-refractivity contribution in [1.29, 1.82) is 0 Å². The molecule has 0 radical (unpaired) electrons. The molecule has 0 saturated heterocycles. The Hall–Kier alpha value is -2.67. The minimum Gasteiger partial charge on any atom is -0.296 e. The summed E-state index contributed by atoms with van der Waals surface area (Å²) in [6.45, 7) is 0. The lowest BCUT2D eigenvalue weighted by Crippen LogP contribution is -1.92. The number of pyridine rings is 1. The highest BCUT2D eigenvalue weighted by atomic mass is 32.2. The van der Waals surface area contributed by atoms with E-state index in [1.165, 1.54) is 6.07 Å². The van der Waals surface area contributed by atoms with E-state index in [4.69, 9.17) is 0 Å². The second-order valence-electron chi connectivity index (χ2n) is 4.18. The third-order valence-corrected chi connectivity index (χ3v) is 3.97. The molecule has 0 aliphatic heterocycles. The average Bonchev–Trinajstić information content (AvgIpc) is 2.84. The molecule has 0 saturated carbocycles. The van der Waals surface area contributed by atoms with Crippen LogP contribution in [0.2, 0.25) is 0 Å². The fourth-order valence-corrected chi connectivity index (χ4v) is 2.97. The van der Waals surface area contributed by atoms with Gasteiger partial charge in [-0.1, -0.05) is 30.0 Å². The van der Waals surface area contributed by atoms with E-state index >= 15 is 0 Å². The molecule has 0 unspecified atom stereocenters. The van der Waals surface area contributed by atoms with Gasteiger partial charge in [-0.15, -0.1) is 0 Å². The van der Waals surface area contributed by atoms with Gasteiger partial charge in [-0.2, -0.15) is 0 Å². The Labute approximate surface area is 123 Å². The molecule has 104 valence electrons. The highest BCUT2D eigenvalue weighted by Gasteiger charge is 2.18. The number of nitrogens with zero attached hydrogens (tertiary/aromatic N) is 3.